The topological polar surface area (TPSA) is 56.3 Å². The number of aryl methyl sites for hydroxylation is 1. The molecular formula is C15H18ClN3O2. The van der Waals surface area contributed by atoms with Crippen molar-refractivity contribution in [3.8, 4) is 11.6 Å². The highest BCUT2D eigenvalue weighted by atomic mass is 35.5. The van der Waals surface area contributed by atoms with Crippen LogP contribution in [0.15, 0.2) is 30.7 Å². The summed E-state index contributed by atoms with van der Waals surface area (Å²) in [6.45, 7) is 4.20. The van der Waals surface area contributed by atoms with Crippen LogP contribution in [0.4, 0.5) is 0 Å². The average molecular weight is 308 g/mol. The van der Waals surface area contributed by atoms with E-state index in [2.05, 4.69) is 15.3 Å². The molecule has 1 N–H and O–H groups in total. The van der Waals surface area contributed by atoms with Gasteiger partial charge < -0.3 is 14.8 Å². The fourth-order valence-electron chi connectivity index (χ4n) is 1.79. The van der Waals surface area contributed by atoms with Gasteiger partial charge >= 0.3 is 0 Å². The van der Waals surface area contributed by atoms with Crippen molar-refractivity contribution in [1.82, 2.24) is 15.3 Å². The largest absolute Gasteiger partial charge is 0.437 e. The molecule has 21 heavy (non-hydrogen) atoms. The summed E-state index contributed by atoms with van der Waals surface area (Å²) in [6, 6.07) is 3.75. The molecular weight excluding hydrogens is 290 g/mol. The van der Waals surface area contributed by atoms with Gasteiger partial charge in [-0.3, -0.25) is 4.98 Å². The van der Waals surface area contributed by atoms with E-state index in [1.54, 1.807) is 31.8 Å². The normalized spacial score (nSPS) is 10.6. The molecule has 5 nitrogen and oxygen atoms in total. The lowest BCUT2D eigenvalue weighted by Gasteiger charge is -2.09. The number of aromatic nitrogens is 2. The number of nitrogens with zero attached hydrogens (tertiary/aromatic N) is 2. The number of pyridine rings is 2. The summed E-state index contributed by atoms with van der Waals surface area (Å²) < 4.78 is 10.7. The van der Waals surface area contributed by atoms with Crippen LogP contribution in [-0.4, -0.2) is 30.2 Å². The van der Waals surface area contributed by atoms with E-state index in [1.165, 1.54) is 0 Å². The zero-order valence-corrected chi connectivity index (χ0v) is 12.9. The second-order valence-corrected chi connectivity index (χ2v) is 5.01. The third-order valence-electron chi connectivity index (χ3n) is 2.79. The number of rotatable bonds is 7. The summed E-state index contributed by atoms with van der Waals surface area (Å²) in [7, 11) is 1.68. The summed E-state index contributed by atoms with van der Waals surface area (Å²) in [5.74, 6) is 1.13. The van der Waals surface area contributed by atoms with Crippen LogP contribution < -0.4 is 10.1 Å². The van der Waals surface area contributed by atoms with Crippen LogP contribution in [0.25, 0.3) is 0 Å². The molecule has 2 rings (SSSR count). The van der Waals surface area contributed by atoms with Gasteiger partial charge in [0.1, 0.15) is 5.75 Å². The van der Waals surface area contributed by atoms with E-state index in [0.717, 1.165) is 24.2 Å². The predicted octanol–water partition coefficient (Wildman–Crippen LogP) is 2.97. The van der Waals surface area contributed by atoms with Crippen molar-refractivity contribution in [1.29, 1.82) is 0 Å². The van der Waals surface area contributed by atoms with Crippen molar-refractivity contribution >= 4 is 11.6 Å². The number of hydrogen-bond donors (Lipinski definition) is 1. The Balaban J connectivity index is 1.98. The van der Waals surface area contributed by atoms with Crippen LogP contribution in [0.3, 0.4) is 0 Å². The Morgan fingerprint density at radius 3 is 2.81 bits per heavy atom. The van der Waals surface area contributed by atoms with Crippen molar-refractivity contribution in [2.45, 2.75) is 13.5 Å². The zero-order chi connectivity index (χ0) is 15.1. The molecule has 0 aliphatic heterocycles. The highest BCUT2D eigenvalue weighted by Gasteiger charge is 2.05. The molecule has 2 aromatic heterocycles. The summed E-state index contributed by atoms with van der Waals surface area (Å²) in [5, 5.41) is 3.80. The molecule has 112 valence electrons. The smallest absolute Gasteiger partial charge is 0.222 e. The van der Waals surface area contributed by atoms with Crippen molar-refractivity contribution in [2.75, 3.05) is 20.3 Å². The maximum Gasteiger partial charge on any atom is 0.222 e. The van der Waals surface area contributed by atoms with Crippen molar-refractivity contribution < 1.29 is 9.47 Å². The quantitative estimate of drug-likeness (QED) is 0.797. The molecule has 0 aromatic carbocycles. The molecule has 0 unspecified atom stereocenters. The Labute approximate surface area is 129 Å². The number of nitrogens with one attached hydrogen (secondary N) is 1. The van der Waals surface area contributed by atoms with E-state index in [1.807, 2.05) is 13.0 Å². The lowest BCUT2D eigenvalue weighted by molar-refractivity contribution is 0.199. The summed E-state index contributed by atoms with van der Waals surface area (Å²) in [5.41, 5.74) is 2.06. The van der Waals surface area contributed by atoms with Gasteiger partial charge in [0.15, 0.2) is 0 Å². The molecule has 2 aromatic rings. The van der Waals surface area contributed by atoms with Crippen LogP contribution in [0.2, 0.25) is 5.02 Å². The van der Waals surface area contributed by atoms with Crippen LogP contribution in [0.5, 0.6) is 11.6 Å². The third-order valence-corrected chi connectivity index (χ3v) is 3.00. The first-order valence-corrected chi connectivity index (χ1v) is 7.00. The van der Waals surface area contributed by atoms with Gasteiger partial charge in [-0.05, 0) is 18.6 Å². The van der Waals surface area contributed by atoms with E-state index >= 15 is 0 Å². The first-order chi connectivity index (χ1) is 10.2. The number of hydrogen-bond acceptors (Lipinski definition) is 5. The fourth-order valence-corrected chi connectivity index (χ4v) is 1.95. The van der Waals surface area contributed by atoms with Gasteiger partial charge in [0.25, 0.3) is 0 Å². The molecule has 0 aliphatic carbocycles. The van der Waals surface area contributed by atoms with Gasteiger partial charge in [0.2, 0.25) is 5.88 Å². The second kappa shape index (κ2) is 7.93. The minimum absolute atomic E-state index is 0.532. The average Bonchev–Trinajstić information content (AvgIpc) is 2.46. The number of ether oxygens (including phenoxy) is 2. The van der Waals surface area contributed by atoms with E-state index in [0.29, 0.717) is 23.3 Å². The second-order valence-electron chi connectivity index (χ2n) is 4.58. The SMILES string of the molecule is COCCNCc1cnc(Oc2cncc(Cl)c2)c(C)c1. The molecule has 0 saturated heterocycles. The highest BCUT2D eigenvalue weighted by molar-refractivity contribution is 6.30. The molecule has 0 amide bonds. The minimum atomic E-state index is 0.532. The third kappa shape index (κ3) is 4.97. The summed E-state index contributed by atoms with van der Waals surface area (Å²) in [4.78, 5) is 8.32. The maximum atomic E-state index is 5.88. The Hall–Kier alpha value is -1.69. The van der Waals surface area contributed by atoms with Crippen molar-refractivity contribution in [3.63, 3.8) is 0 Å². The van der Waals surface area contributed by atoms with Crippen LogP contribution in [0, 0.1) is 6.92 Å². The molecule has 0 fully saturated rings. The van der Waals surface area contributed by atoms with Gasteiger partial charge in [0.05, 0.1) is 17.8 Å². The molecule has 0 spiro atoms. The highest BCUT2D eigenvalue weighted by Crippen LogP contribution is 2.24. The Kier molecular flexibility index (Phi) is 5.92. The van der Waals surface area contributed by atoms with Crippen LogP contribution in [0.1, 0.15) is 11.1 Å². The lowest BCUT2D eigenvalue weighted by Crippen LogP contribution is -2.18. The van der Waals surface area contributed by atoms with E-state index in [9.17, 15) is 0 Å². The number of methoxy groups -OCH3 is 1. The molecule has 0 radical (unpaired) electrons. The molecule has 6 heteroatoms. The standard InChI is InChI=1S/C15H18ClN3O2/c1-11-5-12(7-17-3-4-20-2)8-19-15(11)21-14-6-13(16)9-18-10-14/h5-6,8-10,17H,3-4,7H2,1-2H3. The molecule has 0 saturated carbocycles. The summed E-state index contributed by atoms with van der Waals surface area (Å²) in [6.07, 6.45) is 4.96. The first-order valence-electron chi connectivity index (χ1n) is 6.62. The Bertz CT molecular complexity index is 593. The van der Waals surface area contributed by atoms with E-state index in [4.69, 9.17) is 21.1 Å². The van der Waals surface area contributed by atoms with E-state index in [-0.39, 0.29) is 0 Å². The van der Waals surface area contributed by atoms with Gasteiger partial charge in [-0.25, -0.2) is 4.98 Å². The van der Waals surface area contributed by atoms with Gasteiger partial charge in [0, 0.05) is 44.2 Å². The Morgan fingerprint density at radius 2 is 2.10 bits per heavy atom. The zero-order valence-electron chi connectivity index (χ0n) is 12.1. The Morgan fingerprint density at radius 1 is 1.24 bits per heavy atom. The minimum Gasteiger partial charge on any atom is -0.437 e. The summed E-state index contributed by atoms with van der Waals surface area (Å²) >= 11 is 5.88. The lowest BCUT2D eigenvalue weighted by atomic mass is 10.2. The van der Waals surface area contributed by atoms with Crippen LogP contribution in [-0.2, 0) is 11.3 Å². The van der Waals surface area contributed by atoms with Crippen LogP contribution >= 0.6 is 11.6 Å². The maximum absolute atomic E-state index is 5.88. The first kappa shape index (κ1) is 15.7. The van der Waals surface area contributed by atoms with Crippen molar-refractivity contribution in [3.05, 3.63) is 46.9 Å². The van der Waals surface area contributed by atoms with E-state index < -0.39 is 0 Å². The molecule has 0 atom stereocenters. The van der Waals surface area contributed by atoms with Gasteiger partial charge in [-0.1, -0.05) is 11.6 Å². The molecule has 0 aliphatic rings. The van der Waals surface area contributed by atoms with Gasteiger partial charge in [-0.2, -0.15) is 0 Å². The van der Waals surface area contributed by atoms with Gasteiger partial charge in [-0.15, -0.1) is 0 Å². The molecule has 2 heterocycles. The van der Waals surface area contributed by atoms with Crippen molar-refractivity contribution in [2.24, 2.45) is 0 Å². The predicted molar refractivity (Wildman–Crippen MR) is 81.9 cm³/mol. The monoisotopic (exact) mass is 307 g/mol. The number of halogens is 1. The molecule has 0 bridgehead atoms. The fraction of sp³-hybridized carbons (Fsp3) is 0.333.